The summed E-state index contributed by atoms with van der Waals surface area (Å²) in [6.07, 6.45) is 15.3. The Morgan fingerprint density at radius 2 is 1.71 bits per heavy atom. The van der Waals surface area contributed by atoms with Crippen molar-refractivity contribution < 1.29 is 0 Å². The molecule has 0 unspecified atom stereocenters. The van der Waals surface area contributed by atoms with Crippen molar-refractivity contribution in [1.82, 2.24) is 14.9 Å². The Labute approximate surface area is 127 Å². The summed E-state index contributed by atoms with van der Waals surface area (Å²) < 4.78 is 2.03. The Morgan fingerprint density at radius 3 is 2.38 bits per heavy atom. The minimum Gasteiger partial charge on any atom is -0.310 e. The number of benzene rings is 1. The van der Waals surface area contributed by atoms with Gasteiger partial charge in [0.15, 0.2) is 0 Å². The molecule has 2 aromatic rings. The summed E-state index contributed by atoms with van der Waals surface area (Å²) in [6.45, 7) is 0.981. The van der Waals surface area contributed by atoms with E-state index in [1.54, 1.807) is 0 Å². The Hall–Kier alpha value is -1.61. The van der Waals surface area contributed by atoms with E-state index in [2.05, 4.69) is 34.6 Å². The fourth-order valence-electron chi connectivity index (χ4n) is 3.12. The molecule has 1 aromatic heterocycles. The van der Waals surface area contributed by atoms with Gasteiger partial charge in [0.25, 0.3) is 0 Å². The normalized spacial score (nSPS) is 17.3. The second-order valence-corrected chi connectivity index (χ2v) is 6.06. The molecule has 1 aliphatic rings. The zero-order valence-corrected chi connectivity index (χ0v) is 12.7. The number of nitrogens with one attached hydrogen (secondary N) is 1. The van der Waals surface area contributed by atoms with Crippen LogP contribution in [0, 0.1) is 0 Å². The average Bonchev–Trinajstić information content (AvgIpc) is 3.01. The van der Waals surface area contributed by atoms with Crippen molar-refractivity contribution in [3.8, 4) is 5.69 Å². The molecule has 1 aromatic carbocycles. The van der Waals surface area contributed by atoms with Gasteiger partial charge in [0.2, 0.25) is 0 Å². The number of hydrogen-bond acceptors (Lipinski definition) is 2. The van der Waals surface area contributed by atoms with Gasteiger partial charge < -0.3 is 9.88 Å². The van der Waals surface area contributed by atoms with Gasteiger partial charge in [-0.1, -0.05) is 44.2 Å². The van der Waals surface area contributed by atoms with Crippen molar-refractivity contribution in [2.75, 3.05) is 0 Å². The number of rotatable bonds is 4. The van der Waals surface area contributed by atoms with Gasteiger partial charge >= 0.3 is 0 Å². The lowest BCUT2D eigenvalue weighted by Gasteiger charge is -2.21. The number of nitrogens with zero attached hydrogens (tertiary/aromatic N) is 2. The van der Waals surface area contributed by atoms with Crippen LogP contribution < -0.4 is 5.32 Å². The standard InChI is InChI=1S/C18H25N3/c1-2-4-6-17(7-5-3-1)20-14-16-8-10-18(11-9-16)21-13-12-19-15-21/h8-13,15,17,20H,1-7,14H2. The van der Waals surface area contributed by atoms with Crippen LogP contribution in [0.15, 0.2) is 43.0 Å². The molecule has 0 aliphatic heterocycles. The monoisotopic (exact) mass is 283 g/mol. The lowest BCUT2D eigenvalue weighted by Crippen LogP contribution is -2.29. The minimum atomic E-state index is 0.707. The molecule has 0 saturated heterocycles. The lowest BCUT2D eigenvalue weighted by atomic mass is 9.96. The van der Waals surface area contributed by atoms with E-state index >= 15 is 0 Å². The second kappa shape index (κ2) is 7.41. The van der Waals surface area contributed by atoms with Crippen molar-refractivity contribution in [3.63, 3.8) is 0 Å². The van der Waals surface area contributed by atoms with Crippen LogP contribution in [0.1, 0.15) is 50.5 Å². The summed E-state index contributed by atoms with van der Waals surface area (Å²) in [5.74, 6) is 0. The molecule has 3 rings (SSSR count). The summed E-state index contributed by atoms with van der Waals surface area (Å²) >= 11 is 0. The largest absolute Gasteiger partial charge is 0.310 e. The van der Waals surface area contributed by atoms with E-state index in [1.165, 1.54) is 56.2 Å². The van der Waals surface area contributed by atoms with Crippen LogP contribution in [0.3, 0.4) is 0 Å². The summed E-state index contributed by atoms with van der Waals surface area (Å²) in [6, 6.07) is 9.46. The van der Waals surface area contributed by atoms with Gasteiger partial charge in [-0.05, 0) is 30.5 Å². The fraction of sp³-hybridized carbons (Fsp3) is 0.500. The first-order chi connectivity index (χ1) is 10.4. The highest BCUT2D eigenvalue weighted by atomic mass is 15.0. The number of hydrogen-bond donors (Lipinski definition) is 1. The van der Waals surface area contributed by atoms with Crippen LogP contribution in [-0.2, 0) is 6.54 Å². The maximum atomic E-state index is 4.09. The van der Waals surface area contributed by atoms with E-state index < -0.39 is 0 Å². The Kier molecular flexibility index (Phi) is 5.06. The van der Waals surface area contributed by atoms with Crippen molar-refractivity contribution in [2.24, 2.45) is 0 Å². The minimum absolute atomic E-state index is 0.707. The molecule has 1 fully saturated rings. The van der Waals surface area contributed by atoms with Crippen molar-refractivity contribution >= 4 is 0 Å². The molecule has 0 bridgehead atoms. The third kappa shape index (κ3) is 4.18. The van der Waals surface area contributed by atoms with Crippen molar-refractivity contribution in [1.29, 1.82) is 0 Å². The molecule has 3 nitrogen and oxygen atoms in total. The predicted octanol–water partition coefficient (Wildman–Crippen LogP) is 4.07. The SMILES string of the molecule is c1cn(-c2ccc(CNC3CCCCCCC3)cc2)cn1. The molecule has 1 N–H and O–H groups in total. The van der Waals surface area contributed by atoms with Crippen LogP contribution in [0.4, 0.5) is 0 Å². The first-order valence-corrected chi connectivity index (χ1v) is 8.22. The molecular formula is C18H25N3. The predicted molar refractivity (Wildman–Crippen MR) is 86.5 cm³/mol. The smallest absolute Gasteiger partial charge is 0.0991 e. The Balaban J connectivity index is 1.53. The van der Waals surface area contributed by atoms with E-state index in [0.717, 1.165) is 6.54 Å². The first-order valence-electron chi connectivity index (χ1n) is 8.22. The van der Waals surface area contributed by atoms with Gasteiger partial charge in [0.1, 0.15) is 0 Å². The zero-order chi connectivity index (χ0) is 14.3. The third-order valence-electron chi connectivity index (χ3n) is 4.44. The zero-order valence-electron chi connectivity index (χ0n) is 12.7. The molecule has 3 heteroatoms. The highest BCUT2D eigenvalue weighted by Gasteiger charge is 2.10. The molecule has 1 saturated carbocycles. The van der Waals surface area contributed by atoms with E-state index in [9.17, 15) is 0 Å². The summed E-state index contributed by atoms with van der Waals surface area (Å²) in [4.78, 5) is 4.09. The van der Waals surface area contributed by atoms with E-state index in [4.69, 9.17) is 0 Å². The molecule has 1 heterocycles. The molecule has 0 amide bonds. The summed E-state index contributed by atoms with van der Waals surface area (Å²) in [7, 11) is 0. The van der Waals surface area contributed by atoms with E-state index in [0.29, 0.717) is 6.04 Å². The van der Waals surface area contributed by atoms with Crippen molar-refractivity contribution in [2.45, 2.75) is 57.5 Å². The molecular weight excluding hydrogens is 258 g/mol. The summed E-state index contributed by atoms with van der Waals surface area (Å²) in [5.41, 5.74) is 2.53. The fourth-order valence-corrected chi connectivity index (χ4v) is 3.12. The van der Waals surface area contributed by atoms with Crippen LogP contribution in [0.2, 0.25) is 0 Å². The molecule has 112 valence electrons. The highest BCUT2D eigenvalue weighted by molar-refractivity contribution is 5.34. The third-order valence-corrected chi connectivity index (χ3v) is 4.44. The Bertz CT molecular complexity index is 508. The van der Waals surface area contributed by atoms with Crippen LogP contribution in [-0.4, -0.2) is 15.6 Å². The summed E-state index contributed by atoms with van der Waals surface area (Å²) in [5, 5.41) is 3.74. The highest BCUT2D eigenvalue weighted by Crippen LogP contribution is 2.17. The average molecular weight is 283 g/mol. The quantitative estimate of drug-likeness (QED) is 0.916. The second-order valence-electron chi connectivity index (χ2n) is 6.06. The molecule has 21 heavy (non-hydrogen) atoms. The van der Waals surface area contributed by atoms with E-state index in [-0.39, 0.29) is 0 Å². The maximum Gasteiger partial charge on any atom is 0.0991 e. The maximum absolute atomic E-state index is 4.09. The van der Waals surface area contributed by atoms with Crippen LogP contribution >= 0.6 is 0 Å². The van der Waals surface area contributed by atoms with Gasteiger partial charge in [-0.2, -0.15) is 0 Å². The van der Waals surface area contributed by atoms with Gasteiger partial charge in [-0.15, -0.1) is 0 Å². The molecule has 0 radical (unpaired) electrons. The van der Waals surface area contributed by atoms with E-state index in [1.807, 2.05) is 23.3 Å². The first kappa shape index (κ1) is 14.3. The van der Waals surface area contributed by atoms with Gasteiger partial charge in [-0.25, -0.2) is 4.98 Å². The van der Waals surface area contributed by atoms with Crippen molar-refractivity contribution in [3.05, 3.63) is 48.5 Å². The van der Waals surface area contributed by atoms with Crippen LogP contribution in [0.5, 0.6) is 0 Å². The molecule has 0 atom stereocenters. The van der Waals surface area contributed by atoms with Gasteiger partial charge in [-0.3, -0.25) is 0 Å². The van der Waals surface area contributed by atoms with Crippen LogP contribution in [0.25, 0.3) is 5.69 Å². The number of imidazole rings is 1. The number of aromatic nitrogens is 2. The molecule has 1 aliphatic carbocycles. The molecule has 0 spiro atoms. The Morgan fingerprint density at radius 1 is 1.00 bits per heavy atom. The lowest BCUT2D eigenvalue weighted by molar-refractivity contribution is 0.389. The topological polar surface area (TPSA) is 29.9 Å². The van der Waals surface area contributed by atoms with Gasteiger partial charge in [0, 0.05) is 30.7 Å². The van der Waals surface area contributed by atoms with Gasteiger partial charge in [0.05, 0.1) is 6.33 Å².